The lowest BCUT2D eigenvalue weighted by Crippen LogP contribution is -2.63. The fourth-order valence-electron chi connectivity index (χ4n) is 3.12. The van der Waals surface area contributed by atoms with Crippen molar-refractivity contribution in [3.8, 4) is 0 Å². The second-order valence-corrected chi connectivity index (χ2v) is 6.89. The summed E-state index contributed by atoms with van der Waals surface area (Å²) < 4.78 is 11.6. The van der Waals surface area contributed by atoms with E-state index in [1.807, 2.05) is 0 Å². The molecule has 22 heavy (non-hydrogen) atoms. The van der Waals surface area contributed by atoms with E-state index in [1.54, 1.807) is 0 Å². The predicted molar refractivity (Wildman–Crippen MR) is 89.2 cm³/mol. The molecule has 1 aliphatic carbocycles. The summed E-state index contributed by atoms with van der Waals surface area (Å²) in [5, 5.41) is 3.13. The topological polar surface area (TPSA) is 73.6 Å². The molecule has 0 bridgehead atoms. The lowest BCUT2D eigenvalue weighted by molar-refractivity contribution is -0.146. The second kappa shape index (κ2) is 8.48. The van der Waals surface area contributed by atoms with Crippen LogP contribution in [0.4, 0.5) is 0 Å². The third-order valence-electron chi connectivity index (χ3n) is 4.97. The van der Waals surface area contributed by atoms with Gasteiger partial charge in [-0.2, -0.15) is 0 Å². The maximum absolute atomic E-state index is 12.2. The second-order valence-electron chi connectivity index (χ2n) is 6.89. The Hall–Kier alpha value is -0.360. The Morgan fingerprint density at radius 1 is 1.41 bits per heavy atom. The van der Waals surface area contributed by atoms with Gasteiger partial charge in [0, 0.05) is 24.6 Å². The molecule has 2 unspecified atom stereocenters. The van der Waals surface area contributed by atoms with Crippen LogP contribution in [0.2, 0.25) is 0 Å². The number of hydrogen-bond donors (Lipinski definition) is 2. The molecule has 0 radical (unpaired) electrons. The van der Waals surface area contributed by atoms with Gasteiger partial charge in [0.1, 0.15) is 6.10 Å². The molecule has 2 fully saturated rings. The Kier molecular flexibility index (Phi) is 7.59. The van der Waals surface area contributed by atoms with Crippen molar-refractivity contribution >= 4 is 18.3 Å². The van der Waals surface area contributed by atoms with Gasteiger partial charge in [-0.25, -0.2) is 0 Å². The minimum Gasteiger partial charge on any atom is -0.378 e. The van der Waals surface area contributed by atoms with E-state index >= 15 is 0 Å². The molecular weight excluding hydrogens is 304 g/mol. The molecule has 0 aromatic carbocycles. The van der Waals surface area contributed by atoms with Gasteiger partial charge in [0.05, 0.1) is 12.2 Å². The molecule has 3 N–H and O–H groups in total. The number of hydrogen-bond acceptors (Lipinski definition) is 4. The molecule has 2 rings (SSSR count). The normalized spacial score (nSPS) is 32.9. The molecule has 2 aliphatic rings. The maximum Gasteiger partial charge on any atom is 0.249 e. The molecule has 1 aliphatic heterocycles. The average molecular weight is 335 g/mol. The molecular formula is C16H31ClN2O3. The first kappa shape index (κ1) is 19.7. The minimum absolute atomic E-state index is 0. The van der Waals surface area contributed by atoms with Gasteiger partial charge in [-0.3, -0.25) is 4.79 Å². The number of ether oxygens (including phenoxy) is 2. The van der Waals surface area contributed by atoms with E-state index in [9.17, 15) is 4.79 Å². The van der Waals surface area contributed by atoms with Crippen LogP contribution in [0, 0.1) is 5.41 Å². The van der Waals surface area contributed by atoms with E-state index in [2.05, 4.69) is 26.1 Å². The summed E-state index contributed by atoms with van der Waals surface area (Å²) in [6, 6.07) is 0.178. The third-order valence-corrected chi connectivity index (χ3v) is 4.97. The quantitative estimate of drug-likeness (QED) is 0.698. The summed E-state index contributed by atoms with van der Waals surface area (Å²) in [6.45, 7) is 7.79. The summed E-state index contributed by atoms with van der Waals surface area (Å²) in [7, 11) is 0. The number of amides is 1. The van der Waals surface area contributed by atoms with Gasteiger partial charge in [-0.1, -0.05) is 27.2 Å². The van der Waals surface area contributed by atoms with E-state index in [4.69, 9.17) is 15.2 Å². The number of carbonyl (C=O) groups excluding carboxylic acids is 1. The van der Waals surface area contributed by atoms with Crippen molar-refractivity contribution < 1.29 is 14.3 Å². The van der Waals surface area contributed by atoms with Crippen LogP contribution < -0.4 is 11.1 Å². The highest BCUT2D eigenvalue weighted by Crippen LogP contribution is 2.43. The molecule has 1 saturated heterocycles. The zero-order chi connectivity index (χ0) is 15.5. The monoisotopic (exact) mass is 334 g/mol. The molecule has 0 spiro atoms. The van der Waals surface area contributed by atoms with Gasteiger partial charge in [0.25, 0.3) is 0 Å². The van der Waals surface area contributed by atoms with Crippen LogP contribution >= 0.6 is 12.4 Å². The Morgan fingerprint density at radius 2 is 2.14 bits per heavy atom. The Bertz CT molecular complexity index is 365. The first-order valence-corrected chi connectivity index (χ1v) is 8.26. The van der Waals surface area contributed by atoms with Crippen molar-refractivity contribution in [2.24, 2.45) is 11.1 Å². The van der Waals surface area contributed by atoms with Crippen molar-refractivity contribution in [1.82, 2.24) is 5.32 Å². The van der Waals surface area contributed by atoms with Gasteiger partial charge in [-0.05, 0) is 25.7 Å². The highest BCUT2D eigenvalue weighted by molar-refractivity contribution is 5.85. The smallest absolute Gasteiger partial charge is 0.249 e. The molecule has 4 atom stereocenters. The van der Waals surface area contributed by atoms with Crippen molar-refractivity contribution in [3.05, 3.63) is 0 Å². The summed E-state index contributed by atoms with van der Waals surface area (Å²) in [6.07, 6.45) is 4.76. The van der Waals surface area contributed by atoms with E-state index < -0.39 is 0 Å². The SMILES string of the molecule is CCCCOC1CC(NC(=O)[C@@H]2CC[C@H](CN)O2)C1(C)C.Cl. The minimum atomic E-state index is -0.325. The maximum atomic E-state index is 12.2. The van der Waals surface area contributed by atoms with Crippen molar-refractivity contribution in [3.63, 3.8) is 0 Å². The van der Waals surface area contributed by atoms with Gasteiger partial charge in [0.15, 0.2) is 0 Å². The number of halogens is 1. The van der Waals surface area contributed by atoms with Crippen molar-refractivity contribution in [1.29, 1.82) is 0 Å². The zero-order valence-electron chi connectivity index (χ0n) is 14.0. The standard InChI is InChI=1S/C16H30N2O3.ClH/c1-4-5-8-20-14-9-13(16(14,2)3)18-15(19)12-7-6-11(10-17)21-12;/h11-14H,4-10,17H2,1-3H3,(H,18,19);1H/t11-,12+,13?,14?;/m1./s1. The molecule has 6 heteroatoms. The van der Waals surface area contributed by atoms with Crippen molar-refractivity contribution in [2.75, 3.05) is 13.2 Å². The Balaban J connectivity index is 0.00000242. The fraction of sp³-hybridized carbons (Fsp3) is 0.938. The highest BCUT2D eigenvalue weighted by atomic mass is 35.5. The predicted octanol–water partition coefficient (Wildman–Crippen LogP) is 2.01. The van der Waals surface area contributed by atoms with Crippen LogP contribution in [0.25, 0.3) is 0 Å². The number of nitrogens with two attached hydrogens (primary N) is 1. The first-order chi connectivity index (χ1) is 9.98. The molecule has 130 valence electrons. The van der Waals surface area contributed by atoms with E-state index in [0.717, 1.165) is 38.7 Å². The van der Waals surface area contributed by atoms with Gasteiger partial charge >= 0.3 is 0 Å². The van der Waals surface area contributed by atoms with Crippen LogP contribution in [-0.2, 0) is 14.3 Å². The lowest BCUT2D eigenvalue weighted by atomic mass is 9.64. The molecule has 0 aromatic rings. The zero-order valence-corrected chi connectivity index (χ0v) is 14.8. The number of unbranched alkanes of at least 4 members (excludes halogenated alkanes) is 1. The van der Waals surface area contributed by atoms with Crippen LogP contribution in [-0.4, -0.2) is 43.4 Å². The molecule has 5 nitrogen and oxygen atoms in total. The number of carbonyl (C=O) groups is 1. The largest absolute Gasteiger partial charge is 0.378 e. The Labute approximate surface area is 140 Å². The van der Waals surface area contributed by atoms with Crippen LogP contribution in [0.15, 0.2) is 0 Å². The van der Waals surface area contributed by atoms with Crippen LogP contribution in [0.3, 0.4) is 0 Å². The highest BCUT2D eigenvalue weighted by Gasteiger charge is 2.50. The Morgan fingerprint density at radius 3 is 2.68 bits per heavy atom. The van der Waals surface area contributed by atoms with Gasteiger partial charge in [-0.15, -0.1) is 12.4 Å². The van der Waals surface area contributed by atoms with E-state index in [1.165, 1.54) is 0 Å². The third kappa shape index (κ3) is 4.34. The molecule has 0 aromatic heterocycles. The summed E-state index contributed by atoms with van der Waals surface area (Å²) in [5.74, 6) is 0.0102. The fourth-order valence-corrected chi connectivity index (χ4v) is 3.12. The number of rotatable bonds is 7. The van der Waals surface area contributed by atoms with Crippen LogP contribution in [0.5, 0.6) is 0 Å². The lowest BCUT2D eigenvalue weighted by Gasteiger charge is -2.51. The molecule has 1 saturated carbocycles. The van der Waals surface area contributed by atoms with E-state index in [-0.39, 0.29) is 48.1 Å². The molecule has 1 heterocycles. The summed E-state index contributed by atoms with van der Waals surface area (Å²) in [4.78, 5) is 12.2. The molecule has 1 amide bonds. The average Bonchev–Trinajstić information content (AvgIpc) is 2.94. The van der Waals surface area contributed by atoms with Gasteiger partial charge < -0.3 is 20.5 Å². The first-order valence-electron chi connectivity index (χ1n) is 8.26. The number of nitrogens with one attached hydrogen (secondary N) is 1. The van der Waals surface area contributed by atoms with Gasteiger partial charge in [0.2, 0.25) is 5.91 Å². The van der Waals surface area contributed by atoms with Crippen molar-refractivity contribution in [2.45, 2.75) is 77.2 Å². The summed E-state index contributed by atoms with van der Waals surface area (Å²) in [5.41, 5.74) is 5.58. The van der Waals surface area contributed by atoms with E-state index in [0.29, 0.717) is 6.54 Å². The summed E-state index contributed by atoms with van der Waals surface area (Å²) >= 11 is 0. The van der Waals surface area contributed by atoms with Crippen LogP contribution in [0.1, 0.15) is 52.9 Å².